The van der Waals surface area contributed by atoms with E-state index in [1.54, 1.807) is 18.2 Å². The summed E-state index contributed by atoms with van der Waals surface area (Å²) in [5.74, 6) is -0.144. The Balaban J connectivity index is 2.20. The topological polar surface area (TPSA) is 72.5 Å². The van der Waals surface area contributed by atoms with E-state index in [0.717, 1.165) is 17.7 Å². The largest absolute Gasteiger partial charge is 0.468 e. The first-order valence-corrected chi connectivity index (χ1v) is 7.34. The second-order valence-corrected chi connectivity index (χ2v) is 6.25. The predicted octanol–water partition coefficient (Wildman–Crippen LogP) is 0.991. The summed E-state index contributed by atoms with van der Waals surface area (Å²) in [7, 11) is -1.79. The highest BCUT2D eigenvalue weighted by atomic mass is 32.2. The number of hydrogen-bond acceptors (Lipinski definition) is 5. The normalized spacial score (nSPS) is 16.7. The van der Waals surface area contributed by atoms with Gasteiger partial charge >= 0.3 is 5.97 Å². The standard InChI is InChI=1S/C12H15NO4S/c1-17-12(14)8-13-10-4-5-11-9(7-10)3-2-6-18(11,15)16/h4-5,7,13H,2-3,6,8H2,1H3. The average molecular weight is 269 g/mol. The minimum Gasteiger partial charge on any atom is -0.468 e. The SMILES string of the molecule is COC(=O)CNc1ccc2c(c1)CCCS2(=O)=O. The van der Waals surface area contributed by atoms with Gasteiger partial charge in [-0.25, -0.2) is 8.42 Å². The lowest BCUT2D eigenvalue weighted by molar-refractivity contribution is -0.138. The summed E-state index contributed by atoms with van der Waals surface area (Å²) >= 11 is 0. The quantitative estimate of drug-likeness (QED) is 0.828. The minimum atomic E-state index is -3.11. The highest BCUT2D eigenvalue weighted by Gasteiger charge is 2.23. The molecule has 0 aliphatic carbocycles. The van der Waals surface area contributed by atoms with E-state index in [0.29, 0.717) is 11.3 Å². The molecule has 6 heteroatoms. The van der Waals surface area contributed by atoms with Crippen LogP contribution in [0.4, 0.5) is 5.69 Å². The highest BCUT2D eigenvalue weighted by molar-refractivity contribution is 7.91. The number of methoxy groups -OCH3 is 1. The molecular formula is C12H15NO4S. The number of aryl methyl sites for hydroxylation is 1. The van der Waals surface area contributed by atoms with E-state index in [2.05, 4.69) is 10.1 Å². The number of ether oxygens (including phenoxy) is 1. The lowest BCUT2D eigenvalue weighted by Gasteiger charge is -2.17. The number of fused-ring (bicyclic) bond motifs is 1. The Labute approximate surface area is 106 Å². The summed E-state index contributed by atoms with van der Waals surface area (Å²) in [6.07, 6.45) is 1.40. The third-order valence-electron chi connectivity index (χ3n) is 2.92. The van der Waals surface area contributed by atoms with Gasteiger partial charge in [0.05, 0.1) is 17.8 Å². The first-order valence-electron chi connectivity index (χ1n) is 5.69. The first kappa shape index (κ1) is 12.9. The molecule has 0 amide bonds. The molecule has 0 spiro atoms. The molecule has 2 rings (SSSR count). The van der Waals surface area contributed by atoms with Gasteiger partial charge in [0.15, 0.2) is 9.84 Å². The Hall–Kier alpha value is -1.56. The molecule has 0 atom stereocenters. The molecule has 1 aliphatic rings. The Bertz CT molecular complexity index is 565. The van der Waals surface area contributed by atoms with Gasteiger partial charge in [-0.05, 0) is 36.6 Å². The van der Waals surface area contributed by atoms with Crippen molar-refractivity contribution in [3.63, 3.8) is 0 Å². The van der Waals surface area contributed by atoms with E-state index >= 15 is 0 Å². The van der Waals surface area contributed by atoms with Crippen molar-refractivity contribution in [2.24, 2.45) is 0 Å². The maximum Gasteiger partial charge on any atom is 0.325 e. The molecule has 1 aromatic rings. The highest BCUT2D eigenvalue weighted by Crippen LogP contribution is 2.27. The van der Waals surface area contributed by atoms with Crippen molar-refractivity contribution in [3.05, 3.63) is 23.8 Å². The van der Waals surface area contributed by atoms with Crippen LogP contribution in [0, 0.1) is 0 Å². The Kier molecular flexibility index (Phi) is 3.56. The summed E-state index contributed by atoms with van der Waals surface area (Å²) < 4.78 is 28.1. The molecule has 0 aromatic heterocycles. The molecule has 1 aliphatic heterocycles. The second kappa shape index (κ2) is 4.97. The van der Waals surface area contributed by atoms with Crippen LogP contribution >= 0.6 is 0 Å². The van der Waals surface area contributed by atoms with E-state index in [4.69, 9.17) is 0 Å². The van der Waals surface area contributed by atoms with Crippen LogP contribution in [0.3, 0.4) is 0 Å². The number of rotatable bonds is 3. The smallest absolute Gasteiger partial charge is 0.325 e. The minimum absolute atomic E-state index is 0.0715. The molecule has 98 valence electrons. The van der Waals surface area contributed by atoms with Crippen molar-refractivity contribution in [1.82, 2.24) is 0 Å². The third kappa shape index (κ3) is 2.64. The summed E-state index contributed by atoms with van der Waals surface area (Å²) in [6.45, 7) is 0.0715. The third-order valence-corrected chi connectivity index (χ3v) is 4.81. The number of esters is 1. The van der Waals surface area contributed by atoms with Gasteiger partial charge in [0, 0.05) is 5.69 Å². The van der Waals surface area contributed by atoms with Crippen molar-refractivity contribution in [3.8, 4) is 0 Å². The zero-order chi connectivity index (χ0) is 13.2. The van der Waals surface area contributed by atoms with Crippen molar-refractivity contribution in [1.29, 1.82) is 0 Å². The van der Waals surface area contributed by atoms with Crippen LogP contribution in [0.5, 0.6) is 0 Å². The molecule has 18 heavy (non-hydrogen) atoms. The molecular weight excluding hydrogens is 254 g/mol. The van der Waals surface area contributed by atoms with Gasteiger partial charge in [-0.3, -0.25) is 4.79 Å². The number of carbonyl (C=O) groups excluding carboxylic acids is 1. The molecule has 1 heterocycles. The average Bonchev–Trinajstić information content (AvgIpc) is 2.35. The second-order valence-electron chi connectivity index (χ2n) is 4.17. The lowest BCUT2D eigenvalue weighted by atomic mass is 10.1. The van der Waals surface area contributed by atoms with E-state index < -0.39 is 9.84 Å². The summed E-state index contributed by atoms with van der Waals surface area (Å²) in [5.41, 5.74) is 1.55. The number of nitrogens with one attached hydrogen (secondary N) is 1. The molecule has 0 bridgehead atoms. The first-order chi connectivity index (χ1) is 8.53. The van der Waals surface area contributed by atoms with Crippen LogP contribution in [-0.4, -0.2) is 33.8 Å². The Morgan fingerprint density at radius 3 is 2.94 bits per heavy atom. The van der Waals surface area contributed by atoms with E-state index in [1.807, 2.05) is 0 Å². The number of hydrogen-bond donors (Lipinski definition) is 1. The van der Waals surface area contributed by atoms with Crippen LogP contribution in [0.2, 0.25) is 0 Å². The molecule has 5 nitrogen and oxygen atoms in total. The molecule has 1 N–H and O–H groups in total. The summed E-state index contributed by atoms with van der Waals surface area (Å²) in [6, 6.07) is 5.06. The molecule has 0 unspecified atom stereocenters. The van der Waals surface area contributed by atoms with Crippen molar-refractivity contribution in [2.45, 2.75) is 17.7 Å². The van der Waals surface area contributed by atoms with Gasteiger partial charge in [-0.15, -0.1) is 0 Å². The van der Waals surface area contributed by atoms with E-state index in [-0.39, 0.29) is 18.3 Å². The van der Waals surface area contributed by atoms with Gasteiger partial charge in [-0.1, -0.05) is 0 Å². The van der Waals surface area contributed by atoms with Crippen LogP contribution in [0.25, 0.3) is 0 Å². The van der Waals surface area contributed by atoms with Crippen molar-refractivity contribution >= 4 is 21.5 Å². The zero-order valence-electron chi connectivity index (χ0n) is 10.1. The molecule has 0 saturated carbocycles. The van der Waals surface area contributed by atoms with Crippen LogP contribution in [0.15, 0.2) is 23.1 Å². The molecule has 0 fully saturated rings. The summed E-state index contributed by atoms with van der Waals surface area (Å²) in [5, 5.41) is 2.90. The Morgan fingerprint density at radius 2 is 2.22 bits per heavy atom. The van der Waals surface area contributed by atoms with Crippen molar-refractivity contribution in [2.75, 3.05) is 24.7 Å². The number of sulfone groups is 1. The fraction of sp³-hybridized carbons (Fsp3) is 0.417. The Morgan fingerprint density at radius 1 is 1.44 bits per heavy atom. The van der Waals surface area contributed by atoms with Crippen LogP contribution < -0.4 is 5.32 Å². The van der Waals surface area contributed by atoms with Gasteiger partial charge in [0.1, 0.15) is 6.54 Å². The lowest BCUT2D eigenvalue weighted by Crippen LogP contribution is -2.18. The van der Waals surface area contributed by atoms with E-state index in [9.17, 15) is 13.2 Å². The zero-order valence-corrected chi connectivity index (χ0v) is 10.9. The molecule has 0 radical (unpaired) electrons. The molecule has 1 aromatic carbocycles. The van der Waals surface area contributed by atoms with Gasteiger partial charge in [-0.2, -0.15) is 0 Å². The van der Waals surface area contributed by atoms with Gasteiger partial charge in [0.2, 0.25) is 0 Å². The summed E-state index contributed by atoms with van der Waals surface area (Å²) in [4.78, 5) is 11.4. The molecule has 0 saturated heterocycles. The van der Waals surface area contributed by atoms with Crippen molar-refractivity contribution < 1.29 is 17.9 Å². The maximum absolute atomic E-state index is 11.8. The monoisotopic (exact) mass is 269 g/mol. The van der Waals surface area contributed by atoms with Crippen LogP contribution in [0.1, 0.15) is 12.0 Å². The fourth-order valence-electron chi connectivity index (χ4n) is 2.00. The predicted molar refractivity (Wildman–Crippen MR) is 67.3 cm³/mol. The van der Waals surface area contributed by atoms with Gasteiger partial charge < -0.3 is 10.1 Å². The van der Waals surface area contributed by atoms with Crippen LogP contribution in [-0.2, 0) is 25.8 Å². The number of benzene rings is 1. The van der Waals surface area contributed by atoms with E-state index in [1.165, 1.54) is 7.11 Å². The maximum atomic E-state index is 11.8. The number of anilines is 1. The van der Waals surface area contributed by atoms with Gasteiger partial charge in [0.25, 0.3) is 0 Å². The number of carbonyl (C=O) groups is 1. The fourth-order valence-corrected chi connectivity index (χ4v) is 3.58.